The molecule has 2 nitrogen and oxygen atoms in total. The Kier molecular flexibility index (Phi) is 4.76. The van der Waals surface area contributed by atoms with Crippen LogP contribution in [0.1, 0.15) is 5.56 Å². The molecule has 1 aromatic rings. The van der Waals surface area contributed by atoms with Crippen LogP contribution in [-0.2, 0) is 6.42 Å². The summed E-state index contributed by atoms with van der Waals surface area (Å²) in [6.45, 7) is 0.879. The van der Waals surface area contributed by atoms with Gasteiger partial charge in [0.1, 0.15) is 4.32 Å². The number of anilines is 1. The maximum Gasteiger partial charge on any atom is 0.133 e. The monoisotopic (exact) mass is 226 g/mol. The summed E-state index contributed by atoms with van der Waals surface area (Å²) in [6, 6.07) is 7.92. The Balaban J connectivity index is 2.31. The molecule has 0 atom stereocenters. The molecule has 4 heteroatoms. The van der Waals surface area contributed by atoms with Crippen LogP contribution in [0.15, 0.2) is 24.3 Å². The number of thioether (sulfide) groups is 1. The third kappa shape index (κ3) is 3.98. The summed E-state index contributed by atoms with van der Waals surface area (Å²) in [5, 5.41) is 3.16. The molecule has 3 N–H and O–H groups in total. The normalized spacial score (nSPS) is 9.79. The standard InChI is InChI=1S/C10H14N2S2/c1-14-10(13)12-7-6-8-2-4-9(11)5-3-8/h2-5H,6-7,11H2,1H3,(H,12,13). The minimum Gasteiger partial charge on any atom is -0.399 e. The molecule has 0 bridgehead atoms. The van der Waals surface area contributed by atoms with Crippen LogP contribution in [0.4, 0.5) is 5.69 Å². The minimum absolute atomic E-state index is 0.807. The lowest BCUT2D eigenvalue weighted by molar-refractivity contribution is 0.883. The molecule has 1 rings (SSSR count). The fraction of sp³-hybridized carbons (Fsp3) is 0.300. The van der Waals surface area contributed by atoms with Crippen LogP contribution in [0.3, 0.4) is 0 Å². The number of nitrogens with one attached hydrogen (secondary N) is 1. The number of nitrogens with two attached hydrogens (primary N) is 1. The first-order valence-corrected chi connectivity index (χ1v) is 6.02. The molecule has 0 heterocycles. The number of nitrogen functional groups attached to an aromatic ring is 1. The topological polar surface area (TPSA) is 38.0 Å². The fourth-order valence-corrected chi connectivity index (χ4v) is 1.41. The molecule has 0 spiro atoms. The molecule has 0 saturated heterocycles. The number of benzene rings is 1. The van der Waals surface area contributed by atoms with Crippen LogP contribution in [-0.4, -0.2) is 17.1 Å². The van der Waals surface area contributed by atoms with Gasteiger partial charge in [0.25, 0.3) is 0 Å². The van der Waals surface area contributed by atoms with E-state index < -0.39 is 0 Å². The third-order valence-electron chi connectivity index (χ3n) is 1.85. The van der Waals surface area contributed by atoms with Gasteiger partial charge in [-0.3, -0.25) is 0 Å². The van der Waals surface area contributed by atoms with Crippen molar-refractivity contribution in [2.75, 3.05) is 18.5 Å². The molecule has 76 valence electrons. The minimum atomic E-state index is 0.807. The van der Waals surface area contributed by atoms with Gasteiger partial charge in [-0.15, -0.1) is 11.8 Å². The van der Waals surface area contributed by atoms with Crippen molar-refractivity contribution in [1.82, 2.24) is 5.32 Å². The first-order chi connectivity index (χ1) is 6.72. The van der Waals surface area contributed by atoms with E-state index in [4.69, 9.17) is 18.0 Å². The zero-order valence-corrected chi connectivity index (χ0v) is 9.75. The Morgan fingerprint density at radius 1 is 1.43 bits per heavy atom. The number of hydrogen-bond acceptors (Lipinski definition) is 3. The van der Waals surface area contributed by atoms with Crippen molar-refractivity contribution in [3.05, 3.63) is 29.8 Å². The molecule has 0 aliphatic heterocycles. The summed E-state index contributed by atoms with van der Waals surface area (Å²) >= 11 is 6.59. The molecule has 0 aromatic heterocycles. The van der Waals surface area contributed by atoms with Crippen LogP contribution in [0.5, 0.6) is 0 Å². The van der Waals surface area contributed by atoms with Gasteiger partial charge in [-0.05, 0) is 30.4 Å². The van der Waals surface area contributed by atoms with Crippen molar-refractivity contribution in [3.63, 3.8) is 0 Å². The first-order valence-electron chi connectivity index (χ1n) is 4.38. The summed E-state index contributed by atoms with van der Waals surface area (Å²) < 4.78 is 0.848. The lowest BCUT2D eigenvalue weighted by atomic mass is 10.1. The van der Waals surface area contributed by atoms with E-state index in [2.05, 4.69) is 5.32 Å². The van der Waals surface area contributed by atoms with E-state index in [9.17, 15) is 0 Å². The zero-order chi connectivity index (χ0) is 10.4. The fourth-order valence-electron chi connectivity index (χ4n) is 1.07. The van der Waals surface area contributed by atoms with E-state index in [-0.39, 0.29) is 0 Å². The molecule has 0 aliphatic carbocycles. The Hall–Kier alpha value is -0.740. The van der Waals surface area contributed by atoms with E-state index in [1.54, 1.807) is 11.8 Å². The highest BCUT2D eigenvalue weighted by atomic mass is 32.2. The molecule has 0 amide bonds. The largest absolute Gasteiger partial charge is 0.399 e. The average molecular weight is 226 g/mol. The Labute approximate surface area is 94.3 Å². The second-order valence-corrected chi connectivity index (χ2v) is 4.39. The maximum absolute atomic E-state index is 5.59. The predicted octanol–water partition coefficient (Wildman–Crippen LogP) is 2.05. The van der Waals surface area contributed by atoms with Crippen LogP contribution < -0.4 is 11.1 Å². The van der Waals surface area contributed by atoms with Gasteiger partial charge in [-0.2, -0.15) is 0 Å². The first kappa shape index (κ1) is 11.3. The summed E-state index contributed by atoms with van der Waals surface area (Å²) in [6.07, 6.45) is 2.94. The summed E-state index contributed by atoms with van der Waals surface area (Å²) in [7, 11) is 0. The van der Waals surface area contributed by atoms with Crippen LogP contribution in [0, 0.1) is 0 Å². The van der Waals surface area contributed by atoms with Gasteiger partial charge in [0, 0.05) is 12.2 Å². The van der Waals surface area contributed by atoms with Crippen LogP contribution >= 0.6 is 24.0 Å². The molecule has 1 aromatic carbocycles. The van der Waals surface area contributed by atoms with E-state index in [0.29, 0.717) is 0 Å². The van der Waals surface area contributed by atoms with E-state index in [0.717, 1.165) is 23.0 Å². The van der Waals surface area contributed by atoms with Crippen LogP contribution in [0.2, 0.25) is 0 Å². The summed E-state index contributed by atoms with van der Waals surface area (Å²) in [5.74, 6) is 0. The Morgan fingerprint density at radius 3 is 2.64 bits per heavy atom. The average Bonchev–Trinajstić information content (AvgIpc) is 2.21. The van der Waals surface area contributed by atoms with Gasteiger partial charge >= 0.3 is 0 Å². The number of hydrogen-bond donors (Lipinski definition) is 2. The van der Waals surface area contributed by atoms with E-state index >= 15 is 0 Å². The highest BCUT2D eigenvalue weighted by Crippen LogP contribution is 2.05. The Morgan fingerprint density at radius 2 is 2.07 bits per heavy atom. The summed E-state index contributed by atoms with van der Waals surface area (Å²) in [5.41, 5.74) is 7.67. The lowest BCUT2D eigenvalue weighted by Gasteiger charge is -2.05. The second-order valence-electron chi connectivity index (χ2n) is 2.91. The highest BCUT2D eigenvalue weighted by molar-refractivity contribution is 8.22. The molecule has 0 unspecified atom stereocenters. The number of rotatable bonds is 3. The van der Waals surface area contributed by atoms with E-state index in [1.165, 1.54) is 5.56 Å². The van der Waals surface area contributed by atoms with E-state index in [1.807, 2.05) is 30.5 Å². The summed E-state index contributed by atoms with van der Waals surface area (Å²) in [4.78, 5) is 0. The maximum atomic E-state index is 5.59. The van der Waals surface area contributed by atoms with Crippen molar-refractivity contribution in [1.29, 1.82) is 0 Å². The van der Waals surface area contributed by atoms with Crippen molar-refractivity contribution in [2.45, 2.75) is 6.42 Å². The zero-order valence-electron chi connectivity index (χ0n) is 8.12. The van der Waals surface area contributed by atoms with Gasteiger partial charge in [0.15, 0.2) is 0 Å². The molecular formula is C10H14N2S2. The van der Waals surface area contributed by atoms with Crippen molar-refractivity contribution in [3.8, 4) is 0 Å². The van der Waals surface area contributed by atoms with Crippen LogP contribution in [0.25, 0.3) is 0 Å². The van der Waals surface area contributed by atoms with Gasteiger partial charge in [0.2, 0.25) is 0 Å². The smallest absolute Gasteiger partial charge is 0.133 e. The van der Waals surface area contributed by atoms with Gasteiger partial charge in [-0.25, -0.2) is 0 Å². The van der Waals surface area contributed by atoms with Crippen molar-refractivity contribution in [2.24, 2.45) is 0 Å². The van der Waals surface area contributed by atoms with Gasteiger partial charge in [-0.1, -0.05) is 24.4 Å². The SMILES string of the molecule is CSC(=S)NCCc1ccc(N)cc1. The van der Waals surface area contributed by atoms with Crippen molar-refractivity contribution >= 4 is 34.0 Å². The number of thiocarbonyl (C=S) groups is 1. The molecule has 0 radical (unpaired) electrons. The Bertz CT molecular complexity index is 295. The van der Waals surface area contributed by atoms with Gasteiger partial charge in [0.05, 0.1) is 0 Å². The predicted molar refractivity (Wildman–Crippen MR) is 68.7 cm³/mol. The molecule has 0 fully saturated rings. The van der Waals surface area contributed by atoms with Gasteiger partial charge < -0.3 is 11.1 Å². The third-order valence-corrected chi connectivity index (χ3v) is 3.01. The second kappa shape index (κ2) is 5.88. The lowest BCUT2D eigenvalue weighted by Crippen LogP contribution is -2.20. The molecule has 14 heavy (non-hydrogen) atoms. The highest BCUT2D eigenvalue weighted by Gasteiger charge is 1.94. The van der Waals surface area contributed by atoms with Crippen molar-refractivity contribution < 1.29 is 0 Å². The molecule has 0 saturated carbocycles. The molecular weight excluding hydrogens is 212 g/mol. The molecule has 0 aliphatic rings. The quantitative estimate of drug-likeness (QED) is 0.611.